The van der Waals surface area contributed by atoms with Crippen LogP contribution in [0.4, 0.5) is 0 Å². The third-order valence-electron chi connectivity index (χ3n) is 2.93. The van der Waals surface area contributed by atoms with Gasteiger partial charge in [0.25, 0.3) is 0 Å². The van der Waals surface area contributed by atoms with Gasteiger partial charge in [-0.2, -0.15) is 0 Å². The van der Waals surface area contributed by atoms with Gasteiger partial charge in [-0.1, -0.05) is 0 Å². The van der Waals surface area contributed by atoms with Gasteiger partial charge in [-0.3, -0.25) is 0 Å². The molecule has 104 valence electrons. The summed E-state index contributed by atoms with van der Waals surface area (Å²) in [5, 5.41) is 0. The third kappa shape index (κ3) is 2.61. The second-order valence-electron chi connectivity index (χ2n) is 4.11. The molecule has 0 aliphatic rings. The minimum atomic E-state index is -0.357. The maximum atomic E-state index is 11.9. The molecule has 0 bridgehead atoms. The minimum absolute atomic E-state index is 0.335. The van der Waals surface area contributed by atoms with Crippen molar-refractivity contribution in [1.29, 1.82) is 0 Å². The van der Waals surface area contributed by atoms with E-state index in [-0.39, 0.29) is 5.97 Å². The van der Waals surface area contributed by atoms with Gasteiger partial charge < -0.3 is 9.47 Å². The molecule has 0 N–H and O–H groups in total. The number of hydrogen-bond acceptors (Lipinski definition) is 5. The van der Waals surface area contributed by atoms with Gasteiger partial charge in [0, 0.05) is 12.4 Å². The Morgan fingerprint density at radius 2 is 1.95 bits per heavy atom. The molecule has 1 aromatic carbocycles. The number of aromatic nitrogens is 2. The Morgan fingerprint density at radius 3 is 2.55 bits per heavy atom. The van der Waals surface area contributed by atoms with E-state index in [1.807, 2.05) is 6.92 Å². The second-order valence-corrected chi connectivity index (χ2v) is 4.11. The topological polar surface area (TPSA) is 61.3 Å². The molecule has 0 spiro atoms. The lowest BCUT2D eigenvalue weighted by Crippen LogP contribution is -2.08. The molecule has 5 heteroatoms. The van der Waals surface area contributed by atoms with Crippen LogP contribution >= 0.6 is 0 Å². The zero-order valence-electron chi connectivity index (χ0n) is 11.7. The smallest absolute Gasteiger partial charge is 0.338 e. The fourth-order valence-corrected chi connectivity index (χ4v) is 1.99. The molecule has 2 aromatic rings. The first-order valence-corrected chi connectivity index (χ1v) is 6.31. The highest BCUT2D eigenvalue weighted by atomic mass is 16.5. The largest absolute Gasteiger partial charge is 0.496 e. The Balaban J connectivity index is 2.59. The van der Waals surface area contributed by atoms with Crippen molar-refractivity contribution in [3.8, 4) is 17.1 Å². The Hall–Kier alpha value is -2.43. The molecule has 2 rings (SSSR count). The van der Waals surface area contributed by atoms with Gasteiger partial charge in [0.05, 0.1) is 24.8 Å². The van der Waals surface area contributed by atoms with E-state index >= 15 is 0 Å². The molecule has 0 saturated heterocycles. The summed E-state index contributed by atoms with van der Waals surface area (Å²) < 4.78 is 10.4. The van der Waals surface area contributed by atoms with E-state index in [1.165, 1.54) is 0 Å². The van der Waals surface area contributed by atoms with Crippen molar-refractivity contribution in [2.75, 3.05) is 13.7 Å². The van der Waals surface area contributed by atoms with Gasteiger partial charge in [0.1, 0.15) is 5.75 Å². The summed E-state index contributed by atoms with van der Waals surface area (Å²) >= 11 is 0. The molecule has 20 heavy (non-hydrogen) atoms. The van der Waals surface area contributed by atoms with Crippen LogP contribution in [-0.4, -0.2) is 29.7 Å². The van der Waals surface area contributed by atoms with Crippen LogP contribution in [-0.2, 0) is 4.74 Å². The van der Waals surface area contributed by atoms with Crippen molar-refractivity contribution >= 4 is 5.97 Å². The van der Waals surface area contributed by atoms with Gasteiger partial charge in [0.2, 0.25) is 0 Å². The molecule has 0 fully saturated rings. The molecular weight excluding hydrogens is 256 g/mol. The molecular formula is C15H16N2O3. The summed E-state index contributed by atoms with van der Waals surface area (Å²) in [5.74, 6) is 0.791. The molecule has 1 aromatic heterocycles. The van der Waals surface area contributed by atoms with Crippen LogP contribution in [0.1, 0.15) is 22.8 Å². The second kappa shape index (κ2) is 6.14. The average molecular weight is 272 g/mol. The summed E-state index contributed by atoms with van der Waals surface area (Å²) in [7, 11) is 1.57. The molecule has 1 heterocycles. The van der Waals surface area contributed by atoms with Crippen LogP contribution in [0.3, 0.4) is 0 Å². The van der Waals surface area contributed by atoms with Crippen molar-refractivity contribution in [2.45, 2.75) is 13.8 Å². The first-order chi connectivity index (χ1) is 9.69. The first-order valence-electron chi connectivity index (χ1n) is 6.31. The molecule has 0 unspecified atom stereocenters. The normalized spacial score (nSPS) is 10.2. The number of hydrogen-bond donors (Lipinski definition) is 0. The molecule has 0 atom stereocenters. The molecule has 0 amide bonds. The summed E-state index contributed by atoms with van der Waals surface area (Å²) in [5.41, 5.74) is 1.95. The first kappa shape index (κ1) is 14.0. The maximum absolute atomic E-state index is 11.9. The van der Waals surface area contributed by atoms with Gasteiger partial charge in [0.15, 0.2) is 5.82 Å². The number of rotatable bonds is 4. The number of methoxy groups -OCH3 is 1. The predicted octanol–water partition coefficient (Wildman–Crippen LogP) is 2.64. The Kier molecular flexibility index (Phi) is 4.30. The highest BCUT2D eigenvalue weighted by Gasteiger charge is 2.19. The molecule has 0 aliphatic heterocycles. The molecule has 0 aliphatic carbocycles. The van der Waals surface area contributed by atoms with Crippen LogP contribution in [0, 0.1) is 6.92 Å². The molecule has 0 saturated carbocycles. The predicted molar refractivity (Wildman–Crippen MR) is 74.7 cm³/mol. The van der Waals surface area contributed by atoms with Crippen LogP contribution in [0.5, 0.6) is 5.75 Å². The SMILES string of the molecule is CCOC(=O)c1ccc(OC)c(-c2ncccn2)c1C. The Morgan fingerprint density at radius 1 is 1.25 bits per heavy atom. The quantitative estimate of drug-likeness (QED) is 0.801. The van der Waals surface area contributed by atoms with Gasteiger partial charge in [-0.05, 0) is 37.6 Å². The number of ether oxygens (including phenoxy) is 2. The highest BCUT2D eigenvalue weighted by molar-refractivity contribution is 5.94. The van der Waals surface area contributed by atoms with E-state index in [2.05, 4.69) is 9.97 Å². The molecule has 5 nitrogen and oxygen atoms in total. The lowest BCUT2D eigenvalue weighted by Gasteiger charge is -2.13. The standard InChI is InChI=1S/C15H16N2O3/c1-4-20-15(18)11-6-7-12(19-3)13(10(11)2)14-16-8-5-9-17-14/h5-9H,4H2,1-3H3. The fourth-order valence-electron chi connectivity index (χ4n) is 1.99. The summed E-state index contributed by atoms with van der Waals surface area (Å²) in [4.78, 5) is 20.4. The monoisotopic (exact) mass is 272 g/mol. The van der Waals surface area contributed by atoms with Gasteiger partial charge in [-0.25, -0.2) is 14.8 Å². The van der Waals surface area contributed by atoms with Gasteiger partial charge in [-0.15, -0.1) is 0 Å². The lowest BCUT2D eigenvalue weighted by molar-refractivity contribution is 0.0525. The number of nitrogens with zero attached hydrogens (tertiary/aromatic N) is 2. The number of esters is 1. The van der Waals surface area contributed by atoms with E-state index < -0.39 is 0 Å². The number of carbonyl (C=O) groups is 1. The minimum Gasteiger partial charge on any atom is -0.496 e. The van der Waals surface area contributed by atoms with Crippen LogP contribution in [0.25, 0.3) is 11.4 Å². The van der Waals surface area contributed by atoms with Crippen LogP contribution in [0.2, 0.25) is 0 Å². The summed E-state index contributed by atoms with van der Waals surface area (Å²) in [6.07, 6.45) is 3.30. The number of carbonyl (C=O) groups excluding carboxylic acids is 1. The van der Waals surface area contributed by atoms with Crippen molar-refractivity contribution in [3.63, 3.8) is 0 Å². The van der Waals surface area contributed by atoms with Crippen molar-refractivity contribution < 1.29 is 14.3 Å². The van der Waals surface area contributed by atoms with Crippen LogP contribution < -0.4 is 4.74 Å². The van der Waals surface area contributed by atoms with E-state index in [0.717, 1.165) is 5.56 Å². The van der Waals surface area contributed by atoms with E-state index in [9.17, 15) is 4.79 Å². The van der Waals surface area contributed by atoms with Crippen molar-refractivity contribution in [3.05, 3.63) is 41.7 Å². The Labute approximate surface area is 117 Å². The highest BCUT2D eigenvalue weighted by Crippen LogP contribution is 2.32. The number of benzene rings is 1. The van der Waals surface area contributed by atoms with Gasteiger partial charge >= 0.3 is 5.97 Å². The zero-order valence-corrected chi connectivity index (χ0v) is 11.7. The van der Waals surface area contributed by atoms with E-state index in [0.29, 0.717) is 29.3 Å². The average Bonchev–Trinajstić information content (AvgIpc) is 2.47. The Bertz CT molecular complexity index is 612. The summed E-state index contributed by atoms with van der Waals surface area (Å²) in [6.45, 7) is 3.94. The van der Waals surface area contributed by atoms with E-state index in [4.69, 9.17) is 9.47 Å². The zero-order chi connectivity index (χ0) is 14.5. The van der Waals surface area contributed by atoms with Crippen molar-refractivity contribution in [2.24, 2.45) is 0 Å². The third-order valence-corrected chi connectivity index (χ3v) is 2.93. The maximum Gasteiger partial charge on any atom is 0.338 e. The van der Waals surface area contributed by atoms with Crippen molar-refractivity contribution in [1.82, 2.24) is 9.97 Å². The molecule has 0 radical (unpaired) electrons. The lowest BCUT2D eigenvalue weighted by atomic mass is 10.0. The van der Waals surface area contributed by atoms with Crippen LogP contribution in [0.15, 0.2) is 30.6 Å². The van der Waals surface area contributed by atoms with E-state index in [1.54, 1.807) is 44.6 Å². The summed E-state index contributed by atoms with van der Waals surface area (Å²) in [6, 6.07) is 5.16. The fraction of sp³-hybridized carbons (Fsp3) is 0.267.